The average Bonchev–Trinajstić information content (AvgIpc) is 2.89. The SMILES string of the molecule is C[C@@H]1[C@H](C(=O)O)CCCN1C(=O)C1Cc2cc(Cl)ccc2O1. The number of likely N-dealkylation sites (tertiary alicyclic amines) is 1. The minimum atomic E-state index is -0.840. The molecule has 0 aliphatic carbocycles. The Hall–Kier alpha value is -1.75. The monoisotopic (exact) mass is 323 g/mol. The second-order valence-corrected chi connectivity index (χ2v) is 6.36. The van der Waals surface area contributed by atoms with E-state index in [1.807, 2.05) is 6.07 Å². The number of aliphatic carboxylic acids is 1. The largest absolute Gasteiger partial charge is 0.481 e. The van der Waals surface area contributed by atoms with Crippen molar-refractivity contribution in [2.24, 2.45) is 5.92 Å². The number of halogens is 1. The second-order valence-electron chi connectivity index (χ2n) is 5.92. The van der Waals surface area contributed by atoms with Gasteiger partial charge in [-0.1, -0.05) is 11.6 Å². The molecule has 1 amide bonds. The molecule has 1 unspecified atom stereocenters. The van der Waals surface area contributed by atoms with Crippen molar-refractivity contribution in [1.29, 1.82) is 0 Å². The highest BCUT2D eigenvalue weighted by atomic mass is 35.5. The Morgan fingerprint density at radius 1 is 1.41 bits per heavy atom. The number of fused-ring (bicyclic) bond motifs is 1. The number of benzene rings is 1. The summed E-state index contributed by atoms with van der Waals surface area (Å²) in [5.74, 6) is -0.795. The van der Waals surface area contributed by atoms with Crippen molar-refractivity contribution < 1.29 is 19.4 Å². The Bertz CT molecular complexity index is 618. The third-order valence-corrected chi connectivity index (χ3v) is 4.80. The quantitative estimate of drug-likeness (QED) is 0.907. The molecule has 2 heterocycles. The van der Waals surface area contributed by atoms with E-state index < -0.39 is 18.0 Å². The van der Waals surface area contributed by atoms with Crippen molar-refractivity contribution in [1.82, 2.24) is 4.90 Å². The smallest absolute Gasteiger partial charge is 0.308 e. The molecule has 5 nitrogen and oxygen atoms in total. The van der Waals surface area contributed by atoms with E-state index in [-0.39, 0.29) is 11.9 Å². The molecular formula is C16H18ClNO4. The van der Waals surface area contributed by atoms with E-state index in [4.69, 9.17) is 16.3 Å². The van der Waals surface area contributed by atoms with Gasteiger partial charge in [-0.2, -0.15) is 0 Å². The van der Waals surface area contributed by atoms with Gasteiger partial charge >= 0.3 is 5.97 Å². The van der Waals surface area contributed by atoms with E-state index in [0.717, 1.165) is 5.56 Å². The first kappa shape index (κ1) is 15.2. The van der Waals surface area contributed by atoms with Crippen molar-refractivity contribution in [2.45, 2.75) is 38.3 Å². The number of carbonyl (C=O) groups is 2. The van der Waals surface area contributed by atoms with Crippen LogP contribution in [0.3, 0.4) is 0 Å². The van der Waals surface area contributed by atoms with Gasteiger partial charge in [-0.3, -0.25) is 9.59 Å². The highest BCUT2D eigenvalue weighted by molar-refractivity contribution is 6.30. The Balaban J connectivity index is 1.74. The minimum Gasteiger partial charge on any atom is -0.481 e. The van der Waals surface area contributed by atoms with E-state index in [9.17, 15) is 14.7 Å². The molecule has 1 fully saturated rings. The number of ether oxygens (including phenoxy) is 1. The number of rotatable bonds is 2. The van der Waals surface area contributed by atoms with Crippen LogP contribution in [0.2, 0.25) is 5.02 Å². The fourth-order valence-corrected chi connectivity index (χ4v) is 3.52. The van der Waals surface area contributed by atoms with Crippen LogP contribution >= 0.6 is 11.6 Å². The van der Waals surface area contributed by atoms with E-state index in [1.54, 1.807) is 24.0 Å². The second kappa shape index (κ2) is 5.80. The summed E-state index contributed by atoms with van der Waals surface area (Å²) in [6.45, 7) is 2.38. The topological polar surface area (TPSA) is 66.8 Å². The highest BCUT2D eigenvalue weighted by Gasteiger charge is 2.40. The molecule has 0 spiro atoms. The number of carbonyl (C=O) groups excluding carboxylic acids is 1. The standard InChI is InChI=1S/C16H18ClNO4/c1-9-12(16(20)21)3-2-6-18(9)15(19)14-8-10-7-11(17)4-5-13(10)22-14/h4-5,7,9,12,14H,2-3,6,8H2,1H3,(H,20,21)/t9-,12-,14?/m1/s1. The average molecular weight is 324 g/mol. The number of amides is 1. The van der Waals surface area contributed by atoms with Crippen LogP contribution in [0.15, 0.2) is 18.2 Å². The van der Waals surface area contributed by atoms with Crippen molar-refractivity contribution in [3.05, 3.63) is 28.8 Å². The first-order valence-corrected chi connectivity index (χ1v) is 7.83. The van der Waals surface area contributed by atoms with Crippen LogP contribution in [-0.2, 0) is 16.0 Å². The maximum absolute atomic E-state index is 12.7. The van der Waals surface area contributed by atoms with Gasteiger partial charge < -0.3 is 14.7 Å². The molecule has 0 saturated carbocycles. The molecule has 118 valence electrons. The normalized spacial score (nSPS) is 27.2. The van der Waals surface area contributed by atoms with Gasteiger partial charge in [0.1, 0.15) is 5.75 Å². The van der Waals surface area contributed by atoms with Gasteiger partial charge in [0.15, 0.2) is 6.10 Å². The molecule has 1 aromatic carbocycles. The molecule has 1 aromatic rings. The van der Waals surface area contributed by atoms with E-state index in [0.29, 0.717) is 36.6 Å². The first-order valence-electron chi connectivity index (χ1n) is 7.45. The zero-order valence-corrected chi connectivity index (χ0v) is 13.0. The molecule has 3 atom stereocenters. The number of hydrogen-bond acceptors (Lipinski definition) is 3. The molecule has 3 rings (SSSR count). The zero-order valence-electron chi connectivity index (χ0n) is 12.3. The van der Waals surface area contributed by atoms with Crippen LogP contribution in [0.5, 0.6) is 5.75 Å². The molecule has 22 heavy (non-hydrogen) atoms. The minimum absolute atomic E-state index is 0.134. The predicted octanol–water partition coefficient (Wildman–Crippen LogP) is 2.36. The summed E-state index contributed by atoms with van der Waals surface area (Å²) in [4.78, 5) is 25.6. The van der Waals surface area contributed by atoms with Crippen LogP contribution in [0.1, 0.15) is 25.3 Å². The lowest BCUT2D eigenvalue weighted by atomic mass is 9.90. The summed E-state index contributed by atoms with van der Waals surface area (Å²) in [5.41, 5.74) is 0.922. The van der Waals surface area contributed by atoms with Crippen LogP contribution in [-0.4, -0.2) is 40.6 Å². The first-order chi connectivity index (χ1) is 10.5. The summed E-state index contributed by atoms with van der Waals surface area (Å²) in [6.07, 6.45) is 1.22. The number of hydrogen-bond donors (Lipinski definition) is 1. The number of piperidine rings is 1. The van der Waals surface area contributed by atoms with Crippen molar-refractivity contribution >= 4 is 23.5 Å². The van der Waals surface area contributed by atoms with Gasteiger partial charge in [0.2, 0.25) is 0 Å². The van der Waals surface area contributed by atoms with Crippen molar-refractivity contribution in [3.63, 3.8) is 0 Å². The van der Waals surface area contributed by atoms with Crippen molar-refractivity contribution in [2.75, 3.05) is 6.54 Å². The molecule has 6 heteroatoms. The molecule has 2 aliphatic rings. The van der Waals surface area contributed by atoms with Gasteiger partial charge in [0, 0.05) is 24.0 Å². The molecule has 0 radical (unpaired) electrons. The lowest BCUT2D eigenvalue weighted by Gasteiger charge is -2.38. The Kier molecular flexibility index (Phi) is 4.00. The fraction of sp³-hybridized carbons (Fsp3) is 0.500. The lowest BCUT2D eigenvalue weighted by molar-refractivity contribution is -0.151. The Labute approximate surface area is 133 Å². The number of carboxylic acid groups (broad SMARTS) is 1. The molecule has 0 aromatic heterocycles. The van der Waals surface area contributed by atoms with Gasteiger partial charge in [0.25, 0.3) is 5.91 Å². The van der Waals surface area contributed by atoms with Crippen molar-refractivity contribution in [3.8, 4) is 5.75 Å². The Morgan fingerprint density at radius 3 is 2.91 bits per heavy atom. The summed E-state index contributed by atoms with van der Waals surface area (Å²) in [6, 6.07) is 5.00. The summed E-state index contributed by atoms with van der Waals surface area (Å²) in [5, 5.41) is 9.88. The van der Waals surface area contributed by atoms with Crippen LogP contribution in [0.4, 0.5) is 0 Å². The van der Waals surface area contributed by atoms with Crippen LogP contribution in [0.25, 0.3) is 0 Å². The summed E-state index contributed by atoms with van der Waals surface area (Å²) < 4.78 is 5.72. The van der Waals surface area contributed by atoms with E-state index in [2.05, 4.69) is 0 Å². The third-order valence-electron chi connectivity index (χ3n) is 4.56. The zero-order chi connectivity index (χ0) is 15.9. The van der Waals surface area contributed by atoms with Crippen LogP contribution < -0.4 is 4.74 Å². The van der Waals surface area contributed by atoms with E-state index in [1.165, 1.54) is 0 Å². The Morgan fingerprint density at radius 2 is 2.18 bits per heavy atom. The maximum atomic E-state index is 12.7. The number of carboxylic acids is 1. The fourth-order valence-electron chi connectivity index (χ4n) is 3.32. The molecule has 0 bridgehead atoms. The van der Waals surface area contributed by atoms with Gasteiger partial charge in [-0.25, -0.2) is 0 Å². The number of nitrogens with zero attached hydrogens (tertiary/aromatic N) is 1. The van der Waals surface area contributed by atoms with Gasteiger partial charge in [0.05, 0.1) is 5.92 Å². The lowest BCUT2D eigenvalue weighted by Crippen LogP contribution is -2.53. The predicted molar refractivity (Wildman–Crippen MR) is 81.1 cm³/mol. The van der Waals surface area contributed by atoms with Crippen LogP contribution in [0, 0.1) is 5.92 Å². The maximum Gasteiger partial charge on any atom is 0.308 e. The van der Waals surface area contributed by atoms with Gasteiger partial charge in [-0.15, -0.1) is 0 Å². The van der Waals surface area contributed by atoms with Gasteiger partial charge in [-0.05, 0) is 43.5 Å². The molecular weight excluding hydrogens is 306 g/mol. The third kappa shape index (κ3) is 2.65. The van der Waals surface area contributed by atoms with E-state index >= 15 is 0 Å². The highest BCUT2D eigenvalue weighted by Crippen LogP contribution is 2.33. The molecule has 1 N–H and O–H groups in total. The summed E-state index contributed by atoms with van der Waals surface area (Å²) in [7, 11) is 0. The summed E-state index contributed by atoms with van der Waals surface area (Å²) >= 11 is 5.96. The molecule has 1 saturated heterocycles. The molecule has 2 aliphatic heterocycles.